The largest absolute Gasteiger partial charge is 0.375 e. The number of rotatable bonds is 7. The second-order valence-corrected chi connectivity index (χ2v) is 7.35. The highest BCUT2D eigenvalue weighted by Gasteiger charge is 2.27. The van der Waals surface area contributed by atoms with Crippen molar-refractivity contribution < 1.29 is 9.53 Å². The third-order valence-corrected chi connectivity index (χ3v) is 5.42. The summed E-state index contributed by atoms with van der Waals surface area (Å²) < 4.78 is 7.75. The summed E-state index contributed by atoms with van der Waals surface area (Å²) in [7, 11) is 0. The summed E-state index contributed by atoms with van der Waals surface area (Å²) in [6.07, 6.45) is 4.42. The molecule has 0 saturated carbocycles. The minimum atomic E-state index is 0.0180. The van der Waals surface area contributed by atoms with Crippen molar-refractivity contribution in [2.24, 2.45) is 0 Å². The van der Waals surface area contributed by atoms with E-state index in [4.69, 9.17) is 4.74 Å². The Bertz CT molecular complexity index is 844. The van der Waals surface area contributed by atoms with E-state index in [1.807, 2.05) is 17.0 Å². The predicted octanol–water partition coefficient (Wildman–Crippen LogP) is 3.12. The Morgan fingerprint density at radius 1 is 1.07 bits per heavy atom. The molecule has 0 aliphatic carbocycles. The summed E-state index contributed by atoms with van der Waals surface area (Å²) in [4.78, 5) is 18.5. The van der Waals surface area contributed by atoms with Gasteiger partial charge in [0, 0.05) is 25.4 Å². The summed E-state index contributed by atoms with van der Waals surface area (Å²) in [6, 6.07) is 21.1. The summed E-state index contributed by atoms with van der Waals surface area (Å²) >= 11 is 0. The number of nitrogens with zero attached hydrogens (tertiary/aromatic N) is 4. The molecule has 0 bridgehead atoms. The van der Waals surface area contributed by atoms with Gasteiger partial charge < -0.3 is 9.64 Å². The van der Waals surface area contributed by atoms with Gasteiger partial charge in [-0.15, -0.1) is 0 Å². The monoisotopic (exact) mass is 390 g/mol. The maximum absolute atomic E-state index is 12.7. The molecule has 150 valence electrons. The molecule has 0 radical (unpaired) electrons. The Morgan fingerprint density at radius 3 is 2.38 bits per heavy atom. The first kappa shape index (κ1) is 19.3. The molecule has 4 rings (SSSR count). The number of aryl methyl sites for hydroxylation is 1. The number of amides is 1. The molecule has 1 aromatic heterocycles. The van der Waals surface area contributed by atoms with Gasteiger partial charge in [-0.2, -0.15) is 5.10 Å². The molecule has 6 heteroatoms. The normalized spacial score (nSPS) is 16.9. The van der Waals surface area contributed by atoms with Gasteiger partial charge in [0.1, 0.15) is 12.7 Å². The van der Waals surface area contributed by atoms with E-state index in [1.54, 1.807) is 11.0 Å². The zero-order valence-corrected chi connectivity index (χ0v) is 16.4. The maximum Gasteiger partial charge on any atom is 0.224 e. The minimum Gasteiger partial charge on any atom is -0.375 e. The number of hydrogen-bond donors (Lipinski definition) is 0. The van der Waals surface area contributed by atoms with Gasteiger partial charge in [0.15, 0.2) is 0 Å². The van der Waals surface area contributed by atoms with E-state index in [-0.39, 0.29) is 17.9 Å². The van der Waals surface area contributed by atoms with E-state index in [2.05, 4.69) is 58.6 Å². The first-order valence-corrected chi connectivity index (χ1v) is 10.1. The molecule has 3 aromatic rings. The van der Waals surface area contributed by atoms with Gasteiger partial charge in [0.2, 0.25) is 5.91 Å². The van der Waals surface area contributed by atoms with Crippen molar-refractivity contribution in [3.8, 4) is 0 Å². The lowest BCUT2D eigenvalue weighted by Crippen LogP contribution is -2.46. The van der Waals surface area contributed by atoms with E-state index >= 15 is 0 Å². The van der Waals surface area contributed by atoms with Crippen LogP contribution in [0.4, 0.5) is 0 Å². The molecule has 1 atom stereocenters. The van der Waals surface area contributed by atoms with Crippen LogP contribution in [-0.4, -0.2) is 51.4 Å². The topological polar surface area (TPSA) is 60.2 Å². The Morgan fingerprint density at radius 2 is 1.76 bits per heavy atom. The molecular formula is C23H26N4O2. The van der Waals surface area contributed by atoms with E-state index in [1.165, 1.54) is 17.5 Å². The predicted molar refractivity (Wildman–Crippen MR) is 110 cm³/mol. The standard InChI is InChI=1S/C23H26N4O2/c28-23(11-12-27-18-24-17-25-27)26-13-14-29-21(16-26)15-22(19-7-3-1-4-8-19)20-9-5-2-6-10-20/h1-10,17-18,21-22H,11-16H2/t21-/m1/s1. The van der Waals surface area contributed by atoms with Gasteiger partial charge >= 0.3 is 0 Å². The van der Waals surface area contributed by atoms with Gasteiger partial charge in [-0.25, -0.2) is 4.98 Å². The number of aromatic nitrogens is 3. The zero-order valence-electron chi connectivity index (χ0n) is 16.4. The number of benzene rings is 2. The van der Waals surface area contributed by atoms with Crippen molar-refractivity contribution in [2.75, 3.05) is 19.7 Å². The van der Waals surface area contributed by atoms with Gasteiger partial charge in [-0.1, -0.05) is 60.7 Å². The second kappa shape index (κ2) is 9.47. The summed E-state index contributed by atoms with van der Waals surface area (Å²) in [5.74, 6) is 0.386. The molecular weight excluding hydrogens is 364 g/mol. The van der Waals surface area contributed by atoms with Crippen molar-refractivity contribution in [1.29, 1.82) is 0 Å². The fraction of sp³-hybridized carbons (Fsp3) is 0.348. The lowest BCUT2D eigenvalue weighted by atomic mass is 9.86. The highest BCUT2D eigenvalue weighted by atomic mass is 16.5. The van der Waals surface area contributed by atoms with Crippen molar-refractivity contribution in [2.45, 2.75) is 31.4 Å². The smallest absolute Gasteiger partial charge is 0.224 e. The number of ether oxygens (including phenoxy) is 1. The maximum atomic E-state index is 12.7. The fourth-order valence-electron chi connectivity index (χ4n) is 3.90. The second-order valence-electron chi connectivity index (χ2n) is 7.35. The third-order valence-electron chi connectivity index (χ3n) is 5.42. The fourth-order valence-corrected chi connectivity index (χ4v) is 3.90. The van der Waals surface area contributed by atoms with Crippen molar-refractivity contribution >= 4 is 5.91 Å². The van der Waals surface area contributed by atoms with Crippen LogP contribution in [0.2, 0.25) is 0 Å². The average molecular weight is 390 g/mol. The number of morpholine rings is 1. The van der Waals surface area contributed by atoms with Crippen molar-refractivity contribution in [3.63, 3.8) is 0 Å². The lowest BCUT2D eigenvalue weighted by Gasteiger charge is -2.35. The van der Waals surface area contributed by atoms with E-state index in [0.717, 1.165) is 6.42 Å². The molecule has 2 aromatic carbocycles. The van der Waals surface area contributed by atoms with Crippen molar-refractivity contribution in [3.05, 3.63) is 84.4 Å². The van der Waals surface area contributed by atoms with Gasteiger partial charge in [0.25, 0.3) is 0 Å². The van der Waals surface area contributed by atoms with Crippen LogP contribution >= 0.6 is 0 Å². The molecule has 0 unspecified atom stereocenters. The first-order valence-electron chi connectivity index (χ1n) is 10.1. The van der Waals surface area contributed by atoms with Crippen LogP contribution in [0.15, 0.2) is 73.3 Å². The van der Waals surface area contributed by atoms with Gasteiger partial charge in [-0.3, -0.25) is 9.48 Å². The van der Waals surface area contributed by atoms with E-state index < -0.39 is 0 Å². The van der Waals surface area contributed by atoms with Crippen LogP contribution in [0.3, 0.4) is 0 Å². The Hall–Kier alpha value is -2.99. The molecule has 29 heavy (non-hydrogen) atoms. The third kappa shape index (κ3) is 5.09. The molecule has 2 heterocycles. The molecule has 1 aliphatic heterocycles. The van der Waals surface area contributed by atoms with Crippen LogP contribution in [-0.2, 0) is 16.1 Å². The molecule has 0 N–H and O–H groups in total. The molecule has 0 spiro atoms. The van der Waals surface area contributed by atoms with Crippen LogP contribution in [0, 0.1) is 0 Å². The number of carbonyl (C=O) groups is 1. The molecule has 1 aliphatic rings. The van der Waals surface area contributed by atoms with Crippen LogP contribution in [0.1, 0.15) is 29.9 Å². The molecule has 1 fully saturated rings. The summed E-state index contributed by atoms with van der Waals surface area (Å²) in [5.41, 5.74) is 2.55. The Labute approximate surface area is 171 Å². The first-order chi connectivity index (χ1) is 14.3. The van der Waals surface area contributed by atoms with Crippen molar-refractivity contribution in [1.82, 2.24) is 19.7 Å². The van der Waals surface area contributed by atoms with Crippen LogP contribution < -0.4 is 0 Å². The van der Waals surface area contributed by atoms with Gasteiger partial charge in [0.05, 0.1) is 19.3 Å². The Kier molecular flexibility index (Phi) is 6.32. The number of carbonyl (C=O) groups excluding carboxylic acids is 1. The van der Waals surface area contributed by atoms with Crippen LogP contribution in [0.5, 0.6) is 0 Å². The highest BCUT2D eigenvalue weighted by molar-refractivity contribution is 5.76. The summed E-state index contributed by atoms with van der Waals surface area (Å²) in [5, 5.41) is 4.06. The summed E-state index contributed by atoms with van der Waals surface area (Å²) in [6.45, 7) is 2.41. The average Bonchev–Trinajstić information content (AvgIpc) is 3.31. The molecule has 1 saturated heterocycles. The molecule has 1 amide bonds. The highest BCUT2D eigenvalue weighted by Crippen LogP contribution is 2.30. The SMILES string of the molecule is O=C(CCn1cncn1)N1CCO[C@H](CC(c2ccccc2)c2ccccc2)C1. The lowest BCUT2D eigenvalue weighted by molar-refractivity contribution is -0.139. The van der Waals surface area contributed by atoms with E-state index in [9.17, 15) is 4.79 Å². The Balaban J connectivity index is 1.42. The quantitative estimate of drug-likeness (QED) is 0.622. The zero-order chi connectivity index (χ0) is 19.9. The van der Waals surface area contributed by atoms with Crippen LogP contribution in [0.25, 0.3) is 0 Å². The van der Waals surface area contributed by atoms with E-state index in [0.29, 0.717) is 32.7 Å². The van der Waals surface area contributed by atoms with Gasteiger partial charge in [-0.05, 0) is 17.5 Å². The minimum absolute atomic E-state index is 0.0180. The number of hydrogen-bond acceptors (Lipinski definition) is 4. The molecule has 6 nitrogen and oxygen atoms in total.